The molecule has 0 saturated carbocycles. The quantitative estimate of drug-likeness (QED) is 0.102. The van der Waals surface area contributed by atoms with E-state index in [1.54, 1.807) is 0 Å². The van der Waals surface area contributed by atoms with Crippen molar-refractivity contribution in [1.82, 2.24) is 0 Å². The van der Waals surface area contributed by atoms with E-state index in [0.29, 0.717) is 0 Å². The van der Waals surface area contributed by atoms with E-state index in [0.717, 1.165) is 5.92 Å². The van der Waals surface area contributed by atoms with E-state index in [9.17, 15) is 0 Å². The molecule has 0 N–H and O–H groups in total. The summed E-state index contributed by atoms with van der Waals surface area (Å²) in [5.41, 5.74) is 0. The fourth-order valence-electron chi connectivity index (χ4n) is 4.50. The molecule has 1 unspecified atom stereocenters. The second-order valence-electron chi connectivity index (χ2n) is 10.1. The molecule has 0 heterocycles. The van der Waals surface area contributed by atoms with Crippen molar-refractivity contribution in [2.24, 2.45) is 5.92 Å². The van der Waals surface area contributed by atoms with Gasteiger partial charge in [-0.1, -0.05) is 161 Å². The van der Waals surface area contributed by atoms with Gasteiger partial charge in [-0.3, -0.25) is 0 Å². The average molecular weight is 421 g/mol. The first-order valence-corrected chi connectivity index (χ1v) is 14.5. The predicted molar refractivity (Wildman–Crippen MR) is 140 cm³/mol. The summed E-state index contributed by atoms with van der Waals surface area (Å²) < 4.78 is 0. The molecule has 0 heteroatoms. The van der Waals surface area contributed by atoms with E-state index in [1.165, 1.54) is 154 Å². The summed E-state index contributed by atoms with van der Waals surface area (Å²) in [6, 6.07) is 0. The lowest BCUT2D eigenvalue weighted by molar-refractivity contribution is 0.440. The zero-order valence-electron chi connectivity index (χ0n) is 21.7. The van der Waals surface area contributed by atoms with Crippen LogP contribution in [0.2, 0.25) is 0 Å². The molecular formula is C30H60. The molecule has 0 aromatic carbocycles. The van der Waals surface area contributed by atoms with Crippen LogP contribution >= 0.6 is 0 Å². The summed E-state index contributed by atoms with van der Waals surface area (Å²) >= 11 is 0. The van der Waals surface area contributed by atoms with Crippen molar-refractivity contribution < 1.29 is 0 Å². The fraction of sp³-hybridized carbons (Fsp3) is 0.933. The third kappa shape index (κ3) is 25.8. The van der Waals surface area contributed by atoms with Crippen LogP contribution in [0.5, 0.6) is 0 Å². The van der Waals surface area contributed by atoms with Gasteiger partial charge in [0.15, 0.2) is 0 Å². The Kier molecular flexibility index (Phi) is 26.5. The number of hydrogen-bond acceptors (Lipinski definition) is 0. The SMILES string of the molecule is CCCCCCCC=CCCCCCCCCCCCCCCCC(C)CCCC. The van der Waals surface area contributed by atoms with E-state index in [2.05, 4.69) is 32.9 Å². The van der Waals surface area contributed by atoms with E-state index in [4.69, 9.17) is 0 Å². The van der Waals surface area contributed by atoms with Crippen molar-refractivity contribution >= 4 is 0 Å². The second kappa shape index (κ2) is 26.8. The van der Waals surface area contributed by atoms with Gasteiger partial charge >= 0.3 is 0 Å². The molecule has 0 spiro atoms. The standard InChI is InChI=1S/C30H60/c1-4-6-8-9-10-11-12-13-14-15-16-17-18-19-20-21-22-23-24-25-26-27-29-30(3)28-7-5-2/h12-13,30H,4-11,14-29H2,1-3H3. The average Bonchev–Trinajstić information content (AvgIpc) is 2.75. The van der Waals surface area contributed by atoms with Gasteiger partial charge in [-0.05, 0) is 31.6 Å². The van der Waals surface area contributed by atoms with Crippen LogP contribution in [0.15, 0.2) is 12.2 Å². The Morgan fingerprint density at radius 3 is 1.17 bits per heavy atom. The van der Waals surface area contributed by atoms with Crippen molar-refractivity contribution in [3.8, 4) is 0 Å². The van der Waals surface area contributed by atoms with Crippen molar-refractivity contribution in [2.75, 3.05) is 0 Å². The van der Waals surface area contributed by atoms with Crippen LogP contribution in [0.25, 0.3) is 0 Å². The van der Waals surface area contributed by atoms with Gasteiger partial charge in [0.2, 0.25) is 0 Å². The minimum Gasteiger partial charge on any atom is -0.0885 e. The molecule has 0 nitrogen and oxygen atoms in total. The number of hydrogen-bond donors (Lipinski definition) is 0. The Hall–Kier alpha value is -0.260. The Labute approximate surface area is 193 Å². The Bertz CT molecular complexity index is 316. The van der Waals surface area contributed by atoms with Gasteiger partial charge in [0.1, 0.15) is 0 Å². The van der Waals surface area contributed by atoms with Crippen molar-refractivity contribution in [1.29, 1.82) is 0 Å². The van der Waals surface area contributed by atoms with Crippen LogP contribution < -0.4 is 0 Å². The summed E-state index contributed by atoms with van der Waals surface area (Å²) in [7, 11) is 0. The zero-order valence-corrected chi connectivity index (χ0v) is 21.7. The smallest absolute Gasteiger partial charge is 0.0351 e. The molecule has 0 bridgehead atoms. The second-order valence-corrected chi connectivity index (χ2v) is 10.1. The van der Waals surface area contributed by atoms with Gasteiger partial charge in [-0.25, -0.2) is 0 Å². The Balaban J connectivity index is 3.09. The first-order chi connectivity index (χ1) is 14.8. The molecule has 0 saturated heterocycles. The molecular weight excluding hydrogens is 360 g/mol. The van der Waals surface area contributed by atoms with Gasteiger partial charge in [0.05, 0.1) is 0 Å². The molecule has 30 heavy (non-hydrogen) atoms. The number of rotatable bonds is 25. The van der Waals surface area contributed by atoms with Gasteiger partial charge < -0.3 is 0 Å². The molecule has 1 atom stereocenters. The number of unbranched alkanes of at least 4 members (excludes halogenated alkanes) is 19. The van der Waals surface area contributed by atoms with Crippen LogP contribution in [0.4, 0.5) is 0 Å². The fourth-order valence-corrected chi connectivity index (χ4v) is 4.50. The zero-order chi connectivity index (χ0) is 22.0. The summed E-state index contributed by atoms with van der Waals surface area (Å²) in [6.07, 6.45) is 39.3. The van der Waals surface area contributed by atoms with Gasteiger partial charge in [-0.2, -0.15) is 0 Å². The third-order valence-electron chi connectivity index (χ3n) is 6.76. The maximum atomic E-state index is 2.45. The van der Waals surface area contributed by atoms with E-state index in [-0.39, 0.29) is 0 Å². The molecule has 0 amide bonds. The molecule has 180 valence electrons. The molecule has 0 aromatic rings. The minimum absolute atomic E-state index is 0.964. The molecule has 0 fully saturated rings. The van der Waals surface area contributed by atoms with Crippen molar-refractivity contribution in [3.63, 3.8) is 0 Å². The maximum absolute atomic E-state index is 2.45. The van der Waals surface area contributed by atoms with Crippen LogP contribution in [0.1, 0.15) is 175 Å². The first-order valence-electron chi connectivity index (χ1n) is 14.5. The highest BCUT2D eigenvalue weighted by Crippen LogP contribution is 2.17. The number of allylic oxidation sites excluding steroid dienone is 2. The highest BCUT2D eigenvalue weighted by Gasteiger charge is 2.01. The lowest BCUT2D eigenvalue weighted by Crippen LogP contribution is -1.94. The van der Waals surface area contributed by atoms with E-state index >= 15 is 0 Å². The first kappa shape index (κ1) is 29.7. The maximum Gasteiger partial charge on any atom is -0.0351 e. The van der Waals surface area contributed by atoms with Gasteiger partial charge in [-0.15, -0.1) is 0 Å². The van der Waals surface area contributed by atoms with Crippen molar-refractivity contribution in [2.45, 2.75) is 175 Å². The molecule has 0 radical (unpaired) electrons. The molecule has 0 aliphatic carbocycles. The topological polar surface area (TPSA) is 0 Å². The van der Waals surface area contributed by atoms with E-state index in [1.807, 2.05) is 0 Å². The highest BCUT2D eigenvalue weighted by atomic mass is 14.1. The van der Waals surface area contributed by atoms with Gasteiger partial charge in [0, 0.05) is 0 Å². The predicted octanol–water partition coefficient (Wildman–Crippen LogP) is 11.6. The lowest BCUT2D eigenvalue weighted by atomic mass is 9.97. The Morgan fingerprint density at radius 2 is 0.733 bits per heavy atom. The van der Waals surface area contributed by atoms with E-state index < -0.39 is 0 Å². The minimum atomic E-state index is 0.964. The third-order valence-corrected chi connectivity index (χ3v) is 6.76. The molecule has 0 aliphatic rings. The monoisotopic (exact) mass is 420 g/mol. The summed E-state index contributed by atoms with van der Waals surface area (Å²) in [5, 5.41) is 0. The summed E-state index contributed by atoms with van der Waals surface area (Å²) in [5.74, 6) is 0.964. The van der Waals surface area contributed by atoms with Crippen LogP contribution in [0, 0.1) is 5.92 Å². The molecule has 0 aliphatic heterocycles. The molecule has 0 aromatic heterocycles. The Morgan fingerprint density at radius 1 is 0.400 bits per heavy atom. The van der Waals surface area contributed by atoms with Crippen molar-refractivity contribution in [3.05, 3.63) is 12.2 Å². The van der Waals surface area contributed by atoms with Gasteiger partial charge in [0.25, 0.3) is 0 Å². The van der Waals surface area contributed by atoms with Crippen LogP contribution in [-0.2, 0) is 0 Å². The largest absolute Gasteiger partial charge is 0.0885 e. The summed E-state index contributed by atoms with van der Waals surface area (Å²) in [6.45, 7) is 7.05. The van der Waals surface area contributed by atoms with Crippen LogP contribution in [-0.4, -0.2) is 0 Å². The van der Waals surface area contributed by atoms with Crippen LogP contribution in [0.3, 0.4) is 0 Å². The molecule has 0 rings (SSSR count). The highest BCUT2D eigenvalue weighted by molar-refractivity contribution is 4.81. The normalized spacial score (nSPS) is 12.8. The lowest BCUT2D eigenvalue weighted by Gasteiger charge is -2.10. The summed E-state index contributed by atoms with van der Waals surface area (Å²) in [4.78, 5) is 0.